The number of esters is 1. The molecule has 1 N–H and O–H groups in total. The summed E-state index contributed by atoms with van der Waals surface area (Å²) < 4.78 is 4.69. The van der Waals surface area contributed by atoms with Crippen LogP contribution in [0.25, 0.3) is 0 Å². The summed E-state index contributed by atoms with van der Waals surface area (Å²) in [5.41, 5.74) is 0.429. The van der Waals surface area contributed by atoms with Gasteiger partial charge in [0.2, 0.25) is 0 Å². The van der Waals surface area contributed by atoms with Crippen molar-refractivity contribution in [1.29, 1.82) is 0 Å². The van der Waals surface area contributed by atoms with Gasteiger partial charge < -0.3 is 9.84 Å². The highest BCUT2D eigenvalue weighted by Crippen LogP contribution is 2.10. The molecular formula is C9H9ClO3. The number of hydrogen-bond donors (Lipinski definition) is 1. The first-order chi connectivity index (χ1) is 6.24. The Kier molecular flexibility index (Phi) is 3.73. The second-order valence-electron chi connectivity index (χ2n) is 2.37. The van der Waals surface area contributed by atoms with Crippen LogP contribution in [0.3, 0.4) is 0 Å². The normalized spacial score (nSPS) is 9.69. The van der Waals surface area contributed by atoms with Gasteiger partial charge in [0.25, 0.3) is 0 Å². The van der Waals surface area contributed by atoms with Crippen molar-refractivity contribution < 1.29 is 14.6 Å². The molecule has 1 aromatic rings. The minimum Gasteiger partial charge on any atom is -0.460 e. The minimum absolute atomic E-state index is 0.0153. The van der Waals surface area contributed by atoms with Crippen molar-refractivity contribution in [3.05, 3.63) is 34.9 Å². The zero-order chi connectivity index (χ0) is 9.68. The fraction of sp³-hybridized carbons (Fsp3) is 0.222. The summed E-state index contributed by atoms with van der Waals surface area (Å²) >= 11 is 5.63. The van der Waals surface area contributed by atoms with E-state index in [9.17, 15) is 4.79 Å². The molecule has 70 valence electrons. The maximum atomic E-state index is 11.1. The Morgan fingerprint density at radius 1 is 1.38 bits per heavy atom. The molecule has 0 heterocycles. The average Bonchev–Trinajstić information content (AvgIpc) is 2.15. The first-order valence-corrected chi connectivity index (χ1v) is 4.15. The number of halogens is 1. The van der Waals surface area contributed by atoms with Crippen molar-refractivity contribution in [3.8, 4) is 0 Å². The fourth-order valence-electron chi connectivity index (χ4n) is 0.808. The van der Waals surface area contributed by atoms with Crippen molar-refractivity contribution in [3.63, 3.8) is 0 Å². The Balaban J connectivity index is 2.61. The van der Waals surface area contributed by atoms with Crippen molar-refractivity contribution in [1.82, 2.24) is 0 Å². The van der Waals surface area contributed by atoms with Gasteiger partial charge in [-0.3, -0.25) is 0 Å². The molecule has 13 heavy (non-hydrogen) atoms. The fourth-order valence-corrected chi connectivity index (χ4v) is 0.934. The van der Waals surface area contributed by atoms with E-state index in [2.05, 4.69) is 4.74 Å². The second kappa shape index (κ2) is 4.84. The summed E-state index contributed by atoms with van der Waals surface area (Å²) in [6.07, 6.45) is 0. The topological polar surface area (TPSA) is 46.5 Å². The highest BCUT2D eigenvalue weighted by atomic mass is 35.5. The lowest BCUT2D eigenvalue weighted by Gasteiger charge is -2.01. The molecule has 1 aromatic carbocycles. The molecule has 0 aromatic heterocycles. The first-order valence-electron chi connectivity index (χ1n) is 3.77. The molecular weight excluding hydrogens is 192 g/mol. The van der Waals surface area contributed by atoms with E-state index in [0.29, 0.717) is 10.6 Å². The van der Waals surface area contributed by atoms with Gasteiger partial charge in [-0.05, 0) is 24.3 Å². The van der Waals surface area contributed by atoms with E-state index in [-0.39, 0.29) is 13.2 Å². The molecule has 0 atom stereocenters. The molecule has 0 radical (unpaired) electrons. The maximum Gasteiger partial charge on any atom is 0.338 e. The number of hydrogen-bond acceptors (Lipinski definition) is 3. The van der Waals surface area contributed by atoms with Crippen LogP contribution in [-0.2, 0) is 4.74 Å². The van der Waals surface area contributed by atoms with Crippen LogP contribution >= 0.6 is 11.6 Å². The van der Waals surface area contributed by atoms with Gasteiger partial charge in [0, 0.05) is 5.02 Å². The first kappa shape index (κ1) is 10.0. The van der Waals surface area contributed by atoms with E-state index in [1.54, 1.807) is 24.3 Å². The van der Waals surface area contributed by atoms with Gasteiger partial charge in [0.05, 0.1) is 12.2 Å². The van der Waals surface area contributed by atoms with E-state index in [4.69, 9.17) is 16.7 Å². The smallest absolute Gasteiger partial charge is 0.338 e. The van der Waals surface area contributed by atoms with E-state index in [0.717, 1.165) is 0 Å². The molecule has 0 amide bonds. The quantitative estimate of drug-likeness (QED) is 0.752. The van der Waals surface area contributed by atoms with Gasteiger partial charge in [-0.15, -0.1) is 0 Å². The van der Waals surface area contributed by atoms with Crippen LogP contribution in [0.1, 0.15) is 10.4 Å². The SMILES string of the molecule is O=C(OCCO)c1ccc(Cl)cc1. The number of aliphatic hydroxyl groups is 1. The third-order valence-electron chi connectivity index (χ3n) is 1.40. The highest BCUT2D eigenvalue weighted by molar-refractivity contribution is 6.30. The van der Waals surface area contributed by atoms with Crippen LogP contribution in [0.2, 0.25) is 5.02 Å². The average molecular weight is 201 g/mol. The Bertz CT molecular complexity index is 281. The van der Waals surface area contributed by atoms with Crippen LogP contribution in [0.5, 0.6) is 0 Å². The van der Waals surface area contributed by atoms with Crippen LogP contribution < -0.4 is 0 Å². The predicted octanol–water partition coefficient (Wildman–Crippen LogP) is 1.49. The molecule has 0 saturated heterocycles. The van der Waals surface area contributed by atoms with Crippen LogP contribution in [0.15, 0.2) is 24.3 Å². The molecule has 0 fully saturated rings. The number of carbonyl (C=O) groups excluding carboxylic acids is 1. The molecule has 3 nitrogen and oxygen atoms in total. The molecule has 0 spiro atoms. The number of carbonyl (C=O) groups is 1. The zero-order valence-electron chi connectivity index (χ0n) is 6.87. The predicted molar refractivity (Wildman–Crippen MR) is 48.8 cm³/mol. The Labute approximate surface area is 80.9 Å². The van der Waals surface area contributed by atoms with E-state index in [1.165, 1.54) is 0 Å². The molecule has 0 aliphatic heterocycles. The summed E-state index contributed by atoms with van der Waals surface area (Å²) in [7, 11) is 0. The van der Waals surface area contributed by atoms with E-state index < -0.39 is 5.97 Å². The summed E-state index contributed by atoms with van der Waals surface area (Å²) in [5.74, 6) is -0.453. The van der Waals surface area contributed by atoms with Crippen LogP contribution in [0.4, 0.5) is 0 Å². The summed E-state index contributed by atoms with van der Waals surface area (Å²) in [5, 5.41) is 8.98. The lowest BCUT2D eigenvalue weighted by Crippen LogP contribution is -2.08. The van der Waals surface area contributed by atoms with Crippen molar-refractivity contribution in [2.45, 2.75) is 0 Å². The van der Waals surface area contributed by atoms with Gasteiger partial charge in [-0.2, -0.15) is 0 Å². The number of rotatable bonds is 3. The standard InChI is InChI=1S/C9H9ClO3/c10-8-3-1-7(2-4-8)9(12)13-6-5-11/h1-4,11H,5-6H2. The number of benzene rings is 1. The molecule has 0 aliphatic carbocycles. The lowest BCUT2D eigenvalue weighted by atomic mass is 10.2. The lowest BCUT2D eigenvalue weighted by molar-refractivity contribution is 0.0434. The van der Waals surface area contributed by atoms with Crippen molar-refractivity contribution >= 4 is 17.6 Å². The molecule has 4 heteroatoms. The monoisotopic (exact) mass is 200 g/mol. The Morgan fingerprint density at radius 3 is 2.54 bits per heavy atom. The number of aliphatic hydroxyl groups excluding tert-OH is 1. The van der Waals surface area contributed by atoms with Crippen molar-refractivity contribution in [2.75, 3.05) is 13.2 Å². The summed E-state index contributed by atoms with van der Waals surface area (Å²) in [4.78, 5) is 11.1. The zero-order valence-corrected chi connectivity index (χ0v) is 7.62. The highest BCUT2D eigenvalue weighted by Gasteiger charge is 2.05. The summed E-state index contributed by atoms with van der Waals surface area (Å²) in [6, 6.07) is 6.36. The van der Waals surface area contributed by atoms with Gasteiger partial charge in [-0.25, -0.2) is 4.79 Å². The Morgan fingerprint density at radius 2 is 2.00 bits per heavy atom. The van der Waals surface area contributed by atoms with Gasteiger partial charge in [-0.1, -0.05) is 11.6 Å². The third-order valence-corrected chi connectivity index (χ3v) is 1.66. The largest absolute Gasteiger partial charge is 0.460 e. The molecule has 0 unspecified atom stereocenters. The molecule has 1 rings (SSSR count). The summed E-state index contributed by atoms with van der Waals surface area (Å²) in [6.45, 7) is -0.152. The molecule has 0 aliphatic rings. The number of ether oxygens (including phenoxy) is 1. The minimum atomic E-state index is -0.453. The maximum absolute atomic E-state index is 11.1. The second-order valence-corrected chi connectivity index (χ2v) is 2.80. The van der Waals surface area contributed by atoms with Crippen LogP contribution in [0, 0.1) is 0 Å². The van der Waals surface area contributed by atoms with E-state index in [1.807, 2.05) is 0 Å². The molecule has 0 saturated carbocycles. The van der Waals surface area contributed by atoms with E-state index >= 15 is 0 Å². The van der Waals surface area contributed by atoms with Crippen molar-refractivity contribution in [2.24, 2.45) is 0 Å². The third kappa shape index (κ3) is 3.05. The van der Waals surface area contributed by atoms with Gasteiger partial charge in [0.15, 0.2) is 0 Å². The van der Waals surface area contributed by atoms with Crippen LogP contribution in [-0.4, -0.2) is 24.3 Å². The molecule has 0 bridgehead atoms. The van der Waals surface area contributed by atoms with Gasteiger partial charge in [0.1, 0.15) is 6.61 Å². The van der Waals surface area contributed by atoms with Gasteiger partial charge >= 0.3 is 5.97 Å². The Hall–Kier alpha value is -1.06.